The van der Waals surface area contributed by atoms with Gasteiger partial charge in [-0.05, 0) is 137 Å². The van der Waals surface area contributed by atoms with Crippen LogP contribution in [0.4, 0.5) is 0 Å². The molecule has 0 saturated carbocycles. The van der Waals surface area contributed by atoms with Crippen LogP contribution in [0.5, 0.6) is 0 Å². The quantitative estimate of drug-likeness (QED) is 0.124. The van der Waals surface area contributed by atoms with Crippen molar-refractivity contribution in [2.24, 2.45) is 0 Å². The highest BCUT2D eigenvalue weighted by molar-refractivity contribution is 6.33. The Balaban J connectivity index is 0.000000104. The highest BCUT2D eigenvalue weighted by Crippen LogP contribution is 2.51. The molecule has 31 rings (SSSR count). The molecule has 145 heavy (non-hydrogen) atoms. The maximum atomic E-state index is 6.93. The minimum Gasteiger partial charge on any atom is -0.455 e. The third-order valence-electron chi connectivity index (χ3n) is 29.2. The predicted molar refractivity (Wildman–Crippen MR) is 602 cm³/mol. The standard InChI is InChI=1S/C49H30N2O.C47H28N2O.C39H23N3O/c1-3-12-33(13-4-1)48-40-28-29-45-47(46(40)39-17-7-9-20-42(39)50-48)41-19-11-18-36(49(41)52-45)32-24-22-31(23-25-32)34-26-27-38-37-16-8-10-21-43(37)51(44(38)30-34)35-14-5-2-6-15-35;1-2-15-30-29(13-1)14-11-20-34(30)46-37-27-28-43-45(44(37)36-19-3-7-23-39(36)48-46)38-22-12-21-35(47(38)50-43)33-18-6-10-26-42(33)49-40-24-8-4-16-31(40)32-17-5-9-25-41(32)49;1-3-12-24(13-4-1)36-28-22-23-33-35(34(28)26-16-7-9-20-31(26)40-36)29-18-11-19-30(38(29)43-33)37-27-17-8-10-21-32(27)41-39(42-37)25-14-5-2-6-15-25/h1-30H;1-28H;1-23H. The highest BCUT2D eigenvalue weighted by Gasteiger charge is 2.28. The number of hydrogen-bond donors (Lipinski definition) is 0. The van der Waals surface area contributed by atoms with E-state index in [0.29, 0.717) is 5.82 Å². The van der Waals surface area contributed by atoms with Crippen molar-refractivity contribution in [1.82, 2.24) is 34.1 Å². The Morgan fingerprint density at radius 1 is 0.166 bits per heavy atom. The molecule has 10 nitrogen and oxygen atoms in total. The predicted octanol–water partition coefficient (Wildman–Crippen LogP) is 36.5. The molecule has 0 aliphatic carbocycles. The zero-order chi connectivity index (χ0) is 95.3. The molecule has 0 amide bonds. The molecule has 0 spiro atoms. The second-order valence-electron chi connectivity index (χ2n) is 37.3. The summed E-state index contributed by atoms with van der Waals surface area (Å²) in [4.78, 5) is 25.7. The first kappa shape index (κ1) is 82.5. The van der Waals surface area contributed by atoms with Crippen LogP contribution in [-0.4, -0.2) is 34.1 Å². The summed E-state index contributed by atoms with van der Waals surface area (Å²) < 4.78 is 25.2. The lowest BCUT2D eigenvalue weighted by molar-refractivity contribution is 0.670. The van der Waals surface area contributed by atoms with E-state index in [2.05, 4.69) is 434 Å². The smallest absolute Gasteiger partial charge is 0.160 e. The van der Waals surface area contributed by atoms with Gasteiger partial charge in [0, 0.05) is 158 Å². The van der Waals surface area contributed by atoms with Crippen molar-refractivity contribution in [2.45, 2.75) is 0 Å². The fourth-order valence-corrected chi connectivity index (χ4v) is 22.8. The highest BCUT2D eigenvalue weighted by atomic mass is 16.3. The van der Waals surface area contributed by atoms with Gasteiger partial charge in [0.1, 0.15) is 33.5 Å². The van der Waals surface area contributed by atoms with Gasteiger partial charge in [-0.3, -0.25) is 0 Å². The van der Waals surface area contributed by atoms with Crippen molar-refractivity contribution >= 4 is 196 Å². The van der Waals surface area contributed by atoms with Crippen LogP contribution in [0, 0.1) is 0 Å². The van der Waals surface area contributed by atoms with Gasteiger partial charge in [0.2, 0.25) is 0 Å². The summed E-state index contributed by atoms with van der Waals surface area (Å²) in [5, 5.41) is 25.2. The average Bonchev–Trinajstić information content (AvgIpc) is 1.51. The van der Waals surface area contributed by atoms with Crippen LogP contribution in [0.2, 0.25) is 0 Å². The number of aromatic nitrogens is 7. The van der Waals surface area contributed by atoms with Crippen molar-refractivity contribution in [1.29, 1.82) is 0 Å². The summed E-state index contributed by atoms with van der Waals surface area (Å²) in [5.41, 5.74) is 31.8. The van der Waals surface area contributed by atoms with Crippen molar-refractivity contribution in [2.75, 3.05) is 0 Å². The van der Waals surface area contributed by atoms with Crippen molar-refractivity contribution in [3.63, 3.8) is 0 Å². The van der Waals surface area contributed by atoms with E-state index in [9.17, 15) is 0 Å². The van der Waals surface area contributed by atoms with Crippen LogP contribution >= 0.6 is 0 Å². The molecule has 9 aromatic heterocycles. The van der Waals surface area contributed by atoms with Crippen LogP contribution in [0.3, 0.4) is 0 Å². The molecule has 0 aliphatic heterocycles. The molecular formula is C135H81N7O3. The number of benzene rings is 22. The van der Waals surface area contributed by atoms with Crippen LogP contribution in [-0.2, 0) is 0 Å². The van der Waals surface area contributed by atoms with Crippen molar-refractivity contribution < 1.29 is 13.3 Å². The Kier molecular flexibility index (Phi) is 19.1. The molecule has 674 valence electrons. The van der Waals surface area contributed by atoms with Gasteiger partial charge in [-0.15, -0.1) is 0 Å². The molecule has 10 heteroatoms. The normalized spacial score (nSPS) is 11.9. The minimum atomic E-state index is 0.692. The zero-order valence-electron chi connectivity index (χ0n) is 78.1. The molecule has 0 radical (unpaired) electrons. The van der Waals surface area contributed by atoms with Gasteiger partial charge in [-0.2, -0.15) is 0 Å². The number of furan rings is 3. The van der Waals surface area contributed by atoms with Gasteiger partial charge < -0.3 is 22.4 Å². The molecule has 0 aliphatic rings. The van der Waals surface area contributed by atoms with Crippen LogP contribution in [0.1, 0.15) is 0 Å². The van der Waals surface area contributed by atoms with E-state index in [0.717, 1.165) is 215 Å². The first-order valence-corrected chi connectivity index (χ1v) is 49.2. The lowest BCUT2D eigenvalue weighted by Gasteiger charge is -2.14. The maximum absolute atomic E-state index is 6.93. The van der Waals surface area contributed by atoms with Gasteiger partial charge in [0.25, 0.3) is 0 Å². The van der Waals surface area contributed by atoms with Gasteiger partial charge in [0.15, 0.2) is 5.82 Å². The van der Waals surface area contributed by atoms with E-state index in [1.54, 1.807) is 0 Å². The number of nitrogens with zero attached hydrogens (tertiary/aromatic N) is 7. The number of para-hydroxylation sites is 12. The molecule has 9 heterocycles. The molecular weight excluding hydrogens is 1770 g/mol. The maximum Gasteiger partial charge on any atom is 0.160 e. The molecule has 0 atom stereocenters. The average molecular weight is 1850 g/mol. The van der Waals surface area contributed by atoms with E-state index in [1.807, 2.05) is 66.7 Å². The summed E-state index contributed by atoms with van der Waals surface area (Å²) in [6.45, 7) is 0. The van der Waals surface area contributed by atoms with Crippen molar-refractivity contribution in [3.8, 4) is 101 Å². The van der Waals surface area contributed by atoms with E-state index in [-0.39, 0.29) is 0 Å². The molecule has 31 aromatic rings. The molecule has 0 N–H and O–H groups in total. The van der Waals surface area contributed by atoms with Gasteiger partial charge in [0.05, 0.1) is 72.6 Å². The van der Waals surface area contributed by atoms with Gasteiger partial charge in [-0.1, -0.05) is 382 Å². The van der Waals surface area contributed by atoms with Gasteiger partial charge in [-0.25, -0.2) is 24.9 Å². The number of fused-ring (bicyclic) bond motifs is 29. The molecule has 0 fully saturated rings. The Hall–Kier alpha value is -19.6. The zero-order valence-corrected chi connectivity index (χ0v) is 78.1. The number of pyridine rings is 3. The summed E-state index contributed by atoms with van der Waals surface area (Å²) in [6.07, 6.45) is 0. The molecule has 0 unspecified atom stereocenters. The third-order valence-corrected chi connectivity index (χ3v) is 29.2. The first-order valence-electron chi connectivity index (χ1n) is 49.2. The Bertz CT molecular complexity index is 10700. The van der Waals surface area contributed by atoms with E-state index >= 15 is 0 Å². The third kappa shape index (κ3) is 13.4. The van der Waals surface area contributed by atoms with E-state index in [1.165, 1.54) is 76.3 Å². The Morgan fingerprint density at radius 3 is 1.06 bits per heavy atom. The van der Waals surface area contributed by atoms with Crippen LogP contribution in [0.15, 0.2) is 505 Å². The first-order chi connectivity index (χ1) is 72.0. The summed E-state index contributed by atoms with van der Waals surface area (Å²) >= 11 is 0. The number of rotatable bonds is 10. The minimum absolute atomic E-state index is 0.692. The van der Waals surface area contributed by atoms with Crippen LogP contribution < -0.4 is 0 Å². The van der Waals surface area contributed by atoms with Crippen LogP contribution in [0.25, 0.3) is 297 Å². The van der Waals surface area contributed by atoms with Crippen molar-refractivity contribution in [3.05, 3.63) is 491 Å². The summed E-state index contributed by atoms with van der Waals surface area (Å²) in [7, 11) is 0. The summed E-state index contributed by atoms with van der Waals surface area (Å²) in [6, 6.07) is 173. The second kappa shape index (κ2) is 33.6. The summed E-state index contributed by atoms with van der Waals surface area (Å²) in [5.74, 6) is 0.692. The molecule has 0 bridgehead atoms. The van der Waals surface area contributed by atoms with Gasteiger partial charge >= 0.3 is 0 Å². The molecule has 0 saturated heterocycles. The SMILES string of the molecule is c1ccc(-c2nc(-c3cccc4c3oc3ccc5c(-c6ccccc6)nc6ccccc6c5c34)c3ccccc3n2)cc1.c1ccc(-c2nc3ccccc3c3c2ccc2oc4c(-c5ccc(-c6ccc7c8ccccc8n(-c8ccccc8)c7c6)cc5)cccc4c23)cc1.c1ccc(-n2c3ccccc3c3ccccc32)c(-c2cccc3c2oc2ccc4c(-c5cccc6ccccc56)nc5ccccc5c4c23)c1. The topological polar surface area (TPSA) is 114 Å². The number of hydrogen-bond acceptors (Lipinski definition) is 8. The largest absolute Gasteiger partial charge is 0.455 e. The van der Waals surface area contributed by atoms with E-state index < -0.39 is 0 Å². The lowest BCUT2D eigenvalue weighted by atomic mass is 9.93. The fourth-order valence-electron chi connectivity index (χ4n) is 22.8. The Morgan fingerprint density at radius 2 is 0.510 bits per heavy atom. The fraction of sp³-hybridized carbons (Fsp3) is 0. The lowest BCUT2D eigenvalue weighted by Crippen LogP contribution is -1.97. The van der Waals surface area contributed by atoms with E-state index in [4.69, 9.17) is 38.2 Å². The Labute approximate surface area is 830 Å². The second-order valence-corrected chi connectivity index (χ2v) is 37.3. The molecule has 22 aromatic carbocycles. The monoisotopic (exact) mass is 1850 g/mol.